The summed E-state index contributed by atoms with van der Waals surface area (Å²) in [5.74, 6) is 0.903. The summed E-state index contributed by atoms with van der Waals surface area (Å²) in [7, 11) is 0. The van der Waals surface area contributed by atoms with Gasteiger partial charge in [0.1, 0.15) is 0 Å². The normalized spacial score (nSPS) is 36.7. The first-order chi connectivity index (χ1) is 4.33. The average molecular weight is 212 g/mol. The molecule has 2 heteroatoms. The summed E-state index contributed by atoms with van der Waals surface area (Å²) >= 11 is 9.41. The lowest BCUT2D eigenvalue weighted by atomic mass is 9.91. The molecule has 0 nitrogen and oxygen atoms in total. The van der Waals surface area contributed by atoms with E-state index in [2.05, 4.69) is 15.9 Å². The molecule has 0 unspecified atom stereocenters. The van der Waals surface area contributed by atoms with Gasteiger partial charge in [-0.15, -0.1) is 11.6 Å². The smallest absolute Gasteiger partial charge is 0.0336 e. The minimum atomic E-state index is 0.472. The van der Waals surface area contributed by atoms with Crippen LogP contribution in [0.15, 0.2) is 0 Å². The first-order valence-corrected chi connectivity index (χ1v) is 5.08. The van der Waals surface area contributed by atoms with Crippen LogP contribution < -0.4 is 0 Å². The van der Waals surface area contributed by atoms with Crippen molar-refractivity contribution in [3.05, 3.63) is 0 Å². The highest BCUT2D eigenvalue weighted by molar-refractivity contribution is 9.09. The Kier molecular flexibility index (Phi) is 3.34. The Balaban J connectivity index is 2.18. The van der Waals surface area contributed by atoms with Crippen molar-refractivity contribution in [2.75, 3.05) is 5.33 Å². The second kappa shape index (κ2) is 3.82. The monoisotopic (exact) mass is 210 g/mol. The minimum Gasteiger partial charge on any atom is -0.123 e. The highest BCUT2D eigenvalue weighted by Crippen LogP contribution is 2.28. The van der Waals surface area contributed by atoms with Gasteiger partial charge in [-0.25, -0.2) is 0 Å². The molecule has 1 rings (SSSR count). The van der Waals surface area contributed by atoms with Crippen molar-refractivity contribution in [2.45, 2.75) is 31.1 Å². The predicted octanol–water partition coefficient (Wildman–Crippen LogP) is 3.18. The SMILES string of the molecule is ClC1CCC(CBr)CC1. The second-order valence-corrected chi connectivity index (χ2v) is 4.04. The molecular formula is C7H12BrCl. The van der Waals surface area contributed by atoms with Gasteiger partial charge in [-0.3, -0.25) is 0 Å². The van der Waals surface area contributed by atoms with Crippen LogP contribution in [0.2, 0.25) is 0 Å². The van der Waals surface area contributed by atoms with E-state index in [-0.39, 0.29) is 0 Å². The third-order valence-corrected chi connectivity index (χ3v) is 3.35. The molecule has 1 aliphatic rings. The molecule has 0 spiro atoms. The summed E-state index contributed by atoms with van der Waals surface area (Å²) < 4.78 is 0. The van der Waals surface area contributed by atoms with Crippen molar-refractivity contribution in [3.63, 3.8) is 0 Å². The van der Waals surface area contributed by atoms with Crippen LogP contribution in [0.5, 0.6) is 0 Å². The van der Waals surface area contributed by atoms with Crippen molar-refractivity contribution in [2.24, 2.45) is 5.92 Å². The van der Waals surface area contributed by atoms with Gasteiger partial charge in [0.05, 0.1) is 0 Å². The standard InChI is InChI=1S/C7H12BrCl/c8-5-6-1-3-7(9)4-2-6/h6-7H,1-5H2. The number of alkyl halides is 2. The molecule has 0 heterocycles. The van der Waals surface area contributed by atoms with E-state index in [4.69, 9.17) is 11.6 Å². The lowest BCUT2D eigenvalue weighted by Gasteiger charge is -2.22. The molecule has 0 aromatic rings. The fourth-order valence-corrected chi connectivity index (χ4v) is 2.18. The van der Waals surface area contributed by atoms with Gasteiger partial charge >= 0.3 is 0 Å². The maximum absolute atomic E-state index is 5.92. The third-order valence-electron chi connectivity index (χ3n) is 1.99. The Labute approximate surface area is 70.1 Å². The van der Waals surface area contributed by atoms with Gasteiger partial charge in [0.25, 0.3) is 0 Å². The van der Waals surface area contributed by atoms with Crippen LogP contribution in [-0.2, 0) is 0 Å². The number of rotatable bonds is 1. The Hall–Kier alpha value is 0.770. The minimum absolute atomic E-state index is 0.472. The van der Waals surface area contributed by atoms with Gasteiger partial charge in [-0.05, 0) is 31.6 Å². The maximum atomic E-state index is 5.92. The lowest BCUT2D eigenvalue weighted by molar-refractivity contribution is 0.397. The van der Waals surface area contributed by atoms with E-state index in [1.165, 1.54) is 25.7 Å². The molecule has 1 fully saturated rings. The van der Waals surface area contributed by atoms with Crippen molar-refractivity contribution in [1.29, 1.82) is 0 Å². The number of halogens is 2. The van der Waals surface area contributed by atoms with Crippen LogP contribution in [0, 0.1) is 5.92 Å². The fourth-order valence-electron chi connectivity index (χ4n) is 1.28. The van der Waals surface area contributed by atoms with Crippen molar-refractivity contribution in [1.82, 2.24) is 0 Å². The van der Waals surface area contributed by atoms with E-state index in [9.17, 15) is 0 Å². The molecule has 0 bridgehead atoms. The molecule has 0 aliphatic heterocycles. The van der Waals surface area contributed by atoms with E-state index >= 15 is 0 Å². The van der Waals surface area contributed by atoms with Crippen LogP contribution in [0.1, 0.15) is 25.7 Å². The molecule has 0 aromatic carbocycles. The van der Waals surface area contributed by atoms with Crippen LogP contribution in [0.25, 0.3) is 0 Å². The molecule has 1 saturated carbocycles. The van der Waals surface area contributed by atoms with Crippen LogP contribution in [0.4, 0.5) is 0 Å². The predicted molar refractivity (Wildman–Crippen MR) is 45.4 cm³/mol. The average Bonchev–Trinajstić information content (AvgIpc) is 1.90. The lowest BCUT2D eigenvalue weighted by Crippen LogP contribution is -2.14. The Morgan fingerprint density at radius 2 is 1.78 bits per heavy atom. The van der Waals surface area contributed by atoms with Crippen molar-refractivity contribution in [3.8, 4) is 0 Å². The van der Waals surface area contributed by atoms with Gasteiger partial charge in [-0.2, -0.15) is 0 Å². The van der Waals surface area contributed by atoms with Crippen LogP contribution in [-0.4, -0.2) is 10.7 Å². The van der Waals surface area contributed by atoms with Crippen LogP contribution in [0.3, 0.4) is 0 Å². The zero-order chi connectivity index (χ0) is 6.69. The maximum Gasteiger partial charge on any atom is 0.0336 e. The molecule has 0 N–H and O–H groups in total. The molecule has 1 aliphatic carbocycles. The largest absolute Gasteiger partial charge is 0.123 e. The van der Waals surface area contributed by atoms with Gasteiger partial charge in [-0.1, -0.05) is 15.9 Å². The van der Waals surface area contributed by atoms with Gasteiger partial charge in [0.2, 0.25) is 0 Å². The molecule has 9 heavy (non-hydrogen) atoms. The van der Waals surface area contributed by atoms with E-state index in [1.54, 1.807) is 0 Å². The number of hydrogen-bond acceptors (Lipinski definition) is 0. The summed E-state index contributed by atoms with van der Waals surface area (Å²) in [4.78, 5) is 0. The number of hydrogen-bond donors (Lipinski definition) is 0. The zero-order valence-corrected chi connectivity index (χ0v) is 7.79. The fraction of sp³-hybridized carbons (Fsp3) is 1.00. The molecule has 0 saturated heterocycles. The van der Waals surface area contributed by atoms with E-state index in [0.717, 1.165) is 11.2 Å². The summed E-state index contributed by atoms with van der Waals surface area (Å²) in [5, 5.41) is 1.64. The molecule has 0 atom stereocenters. The first kappa shape index (κ1) is 7.87. The topological polar surface area (TPSA) is 0 Å². The van der Waals surface area contributed by atoms with Gasteiger partial charge in [0.15, 0.2) is 0 Å². The second-order valence-electron chi connectivity index (χ2n) is 2.77. The molecule has 0 amide bonds. The summed E-state index contributed by atoms with van der Waals surface area (Å²) in [6.07, 6.45) is 5.08. The van der Waals surface area contributed by atoms with Crippen LogP contribution >= 0.6 is 27.5 Å². The first-order valence-electron chi connectivity index (χ1n) is 3.53. The molecule has 0 aromatic heterocycles. The van der Waals surface area contributed by atoms with Gasteiger partial charge in [0, 0.05) is 10.7 Å². The molecular weight excluding hydrogens is 199 g/mol. The highest BCUT2D eigenvalue weighted by atomic mass is 79.9. The highest BCUT2D eigenvalue weighted by Gasteiger charge is 2.17. The Bertz CT molecular complexity index is 77.0. The van der Waals surface area contributed by atoms with E-state index in [0.29, 0.717) is 5.38 Å². The quantitative estimate of drug-likeness (QED) is 0.585. The summed E-state index contributed by atoms with van der Waals surface area (Å²) in [6.45, 7) is 0. The zero-order valence-electron chi connectivity index (χ0n) is 5.45. The molecule has 0 radical (unpaired) electrons. The molecule has 54 valence electrons. The van der Waals surface area contributed by atoms with E-state index in [1.807, 2.05) is 0 Å². The van der Waals surface area contributed by atoms with Crippen molar-refractivity contribution >= 4 is 27.5 Å². The summed E-state index contributed by atoms with van der Waals surface area (Å²) in [5.41, 5.74) is 0. The summed E-state index contributed by atoms with van der Waals surface area (Å²) in [6, 6.07) is 0. The third kappa shape index (κ3) is 2.46. The van der Waals surface area contributed by atoms with Gasteiger partial charge < -0.3 is 0 Å². The van der Waals surface area contributed by atoms with Crippen molar-refractivity contribution < 1.29 is 0 Å². The Morgan fingerprint density at radius 1 is 1.22 bits per heavy atom. The Morgan fingerprint density at radius 3 is 2.22 bits per heavy atom. The van der Waals surface area contributed by atoms with E-state index < -0.39 is 0 Å².